The molecule has 0 aromatic heterocycles. The van der Waals surface area contributed by atoms with E-state index in [1.54, 1.807) is 24.3 Å². The number of benzene rings is 1. The lowest BCUT2D eigenvalue weighted by Crippen LogP contribution is -2.03. The standard InChI is InChI=1S/C6H6O.C4H10O.C3H8O2/c7-6-4-2-1-3-5-6;1-3-5-4-2;1-3(5)2-4/h1-5,7H;3-4H2,1-2H3;3-5H,2H2,1H3. The number of hydrogen-bond acceptors (Lipinski definition) is 4. The van der Waals surface area contributed by atoms with Gasteiger partial charge in [-0.2, -0.15) is 0 Å². The highest BCUT2D eigenvalue weighted by molar-refractivity contribution is 5.18. The Hall–Kier alpha value is -1.10. The van der Waals surface area contributed by atoms with E-state index in [4.69, 9.17) is 20.1 Å². The molecule has 1 rings (SSSR count). The molecule has 0 aliphatic carbocycles. The first-order valence-electron chi connectivity index (χ1n) is 5.69. The zero-order valence-corrected chi connectivity index (χ0v) is 10.8. The van der Waals surface area contributed by atoms with E-state index in [-0.39, 0.29) is 6.61 Å². The minimum Gasteiger partial charge on any atom is -0.508 e. The third kappa shape index (κ3) is 20.9. The Morgan fingerprint density at radius 2 is 1.53 bits per heavy atom. The summed E-state index contributed by atoms with van der Waals surface area (Å²) < 4.78 is 4.83. The molecule has 0 fully saturated rings. The number of hydrogen-bond donors (Lipinski definition) is 3. The van der Waals surface area contributed by atoms with Gasteiger partial charge in [0.15, 0.2) is 0 Å². The summed E-state index contributed by atoms with van der Waals surface area (Å²) in [6.07, 6.45) is -0.560. The summed E-state index contributed by atoms with van der Waals surface area (Å²) in [6.45, 7) is 7.06. The Bertz CT molecular complexity index is 222. The minimum atomic E-state index is -0.560. The van der Waals surface area contributed by atoms with Crippen LogP contribution in [0.4, 0.5) is 0 Å². The summed E-state index contributed by atoms with van der Waals surface area (Å²) in [5.74, 6) is 0.322. The van der Waals surface area contributed by atoms with Crippen molar-refractivity contribution in [1.82, 2.24) is 0 Å². The second kappa shape index (κ2) is 14.9. The lowest BCUT2D eigenvalue weighted by Gasteiger charge is -1.90. The highest BCUT2D eigenvalue weighted by Gasteiger charge is 1.83. The molecule has 0 amide bonds. The van der Waals surface area contributed by atoms with E-state index in [0.29, 0.717) is 5.75 Å². The fourth-order valence-corrected chi connectivity index (χ4v) is 0.632. The van der Waals surface area contributed by atoms with Crippen LogP contribution < -0.4 is 0 Å². The molecule has 4 nitrogen and oxygen atoms in total. The van der Waals surface area contributed by atoms with E-state index in [2.05, 4.69) is 0 Å². The van der Waals surface area contributed by atoms with Crippen LogP contribution in [-0.4, -0.2) is 41.2 Å². The number of rotatable bonds is 3. The van der Waals surface area contributed by atoms with Crippen LogP contribution in [0, 0.1) is 0 Å². The van der Waals surface area contributed by atoms with E-state index in [1.165, 1.54) is 6.92 Å². The van der Waals surface area contributed by atoms with E-state index >= 15 is 0 Å². The van der Waals surface area contributed by atoms with Crippen molar-refractivity contribution in [3.05, 3.63) is 30.3 Å². The molecule has 0 bridgehead atoms. The molecule has 0 aliphatic heterocycles. The predicted octanol–water partition coefficient (Wildman–Crippen LogP) is 1.79. The number of phenols is 1. The van der Waals surface area contributed by atoms with Gasteiger partial charge in [0.1, 0.15) is 5.75 Å². The van der Waals surface area contributed by atoms with Crippen molar-refractivity contribution in [3.63, 3.8) is 0 Å². The third-order valence-electron chi connectivity index (χ3n) is 1.43. The Labute approximate surface area is 103 Å². The summed E-state index contributed by atoms with van der Waals surface area (Å²) in [5, 5.41) is 24.6. The van der Waals surface area contributed by atoms with Gasteiger partial charge in [0.05, 0.1) is 12.7 Å². The molecule has 0 saturated heterocycles. The smallest absolute Gasteiger partial charge is 0.115 e. The van der Waals surface area contributed by atoms with E-state index in [0.717, 1.165) is 13.2 Å². The summed E-state index contributed by atoms with van der Waals surface area (Å²) in [7, 11) is 0. The largest absolute Gasteiger partial charge is 0.508 e. The summed E-state index contributed by atoms with van der Waals surface area (Å²) in [5.41, 5.74) is 0. The van der Waals surface area contributed by atoms with Crippen molar-refractivity contribution in [2.45, 2.75) is 26.9 Å². The second-order valence-electron chi connectivity index (χ2n) is 3.15. The quantitative estimate of drug-likeness (QED) is 0.758. The normalized spacial score (nSPS) is 10.4. The molecule has 0 spiro atoms. The van der Waals surface area contributed by atoms with Crippen LogP contribution in [0.15, 0.2) is 30.3 Å². The van der Waals surface area contributed by atoms with Gasteiger partial charge in [-0.1, -0.05) is 18.2 Å². The van der Waals surface area contributed by atoms with Crippen molar-refractivity contribution < 1.29 is 20.1 Å². The number of aromatic hydroxyl groups is 1. The van der Waals surface area contributed by atoms with E-state index in [1.807, 2.05) is 19.9 Å². The summed E-state index contributed by atoms with van der Waals surface area (Å²) in [4.78, 5) is 0. The van der Waals surface area contributed by atoms with Crippen LogP contribution >= 0.6 is 0 Å². The number of phenolic OH excluding ortho intramolecular Hbond substituents is 1. The molecule has 1 unspecified atom stereocenters. The highest BCUT2D eigenvalue weighted by atomic mass is 16.5. The minimum absolute atomic E-state index is 0.139. The van der Waals surface area contributed by atoms with Gasteiger partial charge in [0.2, 0.25) is 0 Å². The molecule has 1 aromatic carbocycles. The van der Waals surface area contributed by atoms with E-state index < -0.39 is 6.10 Å². The molecule has 1 atom stereocenters. The first-order valence-corrected chi connectivity index (χ1v) is 5.69. The molecule has 0 saturated carbocycles. The molecular formula is C13H24O4. The van der Waals surface area contributed by atoms with Crippen molar-refractivity contribution in [2.24, 2.45) is 0 Å². The van der Waals surface area contributed by atoms with Crippen LogP contribution in [0.25, 0.3) is 0 Å². The number of para-hydroxylation sites is 1. The maximum Gasteiger partial charge on any atom is 0.115 e. The number of aliphatic hydroxyl groups is 2. The van der Waals surface area contributed by atoms with Crippen molar-refractivity contribution in [1.29, 1.82) is 0 Å². The van der Waals surface area contributed by atoms with Gasteiger partial charge >= 0.3 is 0 Å². The van der Waals surface area contributed by atoms with Crippen LogP contribution in [0.5, 0.6) is 5.75 Å². The fraction of sp³-hybridized carbons (Fsp3) is 0.538. The molecule has 3 N–H and O–H groups in total. The first-order chi connectivity index (χ1) is 8.08. The molecule has 0 heterocycles. The topological polar surface area (TPSA) is 69.9 Å². The van der Waals surface area contributed by atoms with Crippen molar-refractivity contribution >= 4 is 0 Å². The van der Waals surface area contributed by atoms with Crippen molar-refractivity contribution in [2.75, 3.05) is 19.8 Å². The van der Waals surface area contributed by atoms with Gasteiger partial charge in [0.25, 0.3) is 0 Å². The van der Waals surface area contributed by atoms with Gasteiger partial charge in [0, 0.05) is 13.2 Å². The molecule has 0 radical (unpaired) electrons. The lowest BCUT2D eigenvalue weighted by atomic mass is 10.3. The van der Waals surface area contributed by atoms with Gasteiger partial charge in [-0.15, -0.1) is 0 Å². The molecule has 100 valence electrons. The first kappa shape index (κ1) is 18.3. The zero-order chi connectivity index (χ0) is 13.5. The third-order valence-corrected chi connectivity index (χ3v) is 1.43. The molecule has 17 heavy (non-hydrogen) atoms. The van der Waals surface area contributed by atoms with Gasteiger partial charge in [-0.3, -0.25) is 0 Å². The summed E-state index contributed by atoms with van der Waals surface area (Å²) in [6, 6.07) is 8.71. The van der Waals surface area contributed by atoms with Crippen LogP contribution in [-0.2, 0) is 4.74 Å². The number of ether oxygens (including phenoxy) is 1. The molecule has 1 aromatic rings. The zero-order valence-electron chi connectivity index (χ0n) is 10.8. The van der Waals surface area contributed by atoms with Crippen LogP contribution in [0.2, 0.25) is 0 Å². The Kier molecular flexibility index (Phi) is 16.0. The maximum atomic E-state index is 8.63. The van der Waals surface area contributed by atoms with Crippen molar-refractivity contribution in [3.8, 4) is 5.75 Å². The van der Waals surface area contributed by atoms with Crippen LogP contribution in [0.3, 0.4) is 0 Å². The monoisotopic (exact) mass is 244 g/mol. The maximum absolute atomic E-state index is 8.63. The van der Waals surface area contributed by atoms with Crippen LogP contribution in [0.1, 0.15) is 20.8 Å². The SMILES string of the molecule is CC(O)CO.CCOCC.Oc1ccccc1. The Morgan fingerprint density at radius 1 is 1.12 bits per heavy atom. The highest BCUT2D eigenvalue weighted by Crippen LogP contribution is 2.02. The van der Waals surface area contributed by atoms with Gasteiger partial charge in [-0.25, -0.2) is 0 Å². The van der Waals surface area contributed by atoms with Gasteiger partial charge in [-0.05, 0) is 32.9 Å². The fourth-order valence-electron chi connectivity index (χ4n) is 0.632. The molecule has 4 heteroatoms. The Morgan fingerprint density at radius 3 is 1.65 bits per heavy atom. The molecular weight excluding hydrogens is 220 g/mol. The average Bonchev–Trinajstić information content (AvgIpc) is 2.32. The summed E-state index contributed by atoms with van der Waals surface area (Å²) >= 11 is 0. The second-order valence-corrected chi connectivity index (χ2v) is 3.15. The van der Waals surface area contributed by atoms with Gasteiger partial charge < -0.3 is 20.1 Å². The lowest BCUT2D eigenvalue weighted by molar-refractivity contribution is 0.110. The predicted molar refractivity (Wildman–Crippen MR) is 69.0 cm³/mol. The Balaban J connectivity index is 0. The molecule has 0 aliphatic rings. The number of aliphatic hydroxyl groups excluding tert-OH is 2. The van der Waals surface area contributed by atoms with E-state index in [9.17, 15) is 0 Å². The average molecular weight is 244 g/mol.